The van der Waals surface area contributed by atoms with E-state index in [1.807, 2.05) is 6.07 Å². The molecule has 1 nitrogen and oxygen atoms in total. The van der Waals surface area contributed by atoms with Crippen LogP contribution in [0.1, 0.15) is 44.6 Å². The van der Waals surface area contributed by atoms with E-state index < -0.39 is 6.36 Å². The highest BCUT2D eigenvalue weighted by atomic mass is 19.4. The molecule has 0 radical (unpaired) electrons. The number of rotatable bonds is 5. The van der Waals surface area contributed by atoms with Gasteiger partial charge in [0, 0.05) is 5.56 Å². The quantitative estimate of drug-likeness (QED) is 0.501. The molecule has 3 rings (SSSR count). The van der Waals surface area contributed by atoms with Crippen LogP contribution >= 0.6 is 0 Å². The molecule has 146 valence electrons. The van der Waals surface area contributed by atoms with E-state index >= 15 is 0 Å². The minimum absolute atomic E-state index is 0.315. The number of ether oxygens (including phenoxy) is 1. The van der Waals surface area contributed by atoms with Crippen molar-refractivity contribution in [3.05, 3.63) is 53.8 Å². The summed E-state index contributed by atoms with van der Waals surface area (Å²) in [6, 6.07) is 10.4. The fourth-order valence-electron chi connectivity index (χ4n) is 3.77. The summed E-state index contributed by atoms with van der Waals surface area (Å²) in [5.41, 5.74) is 1.87. The Hall–Kier alpha value is -2.04. The highest BCUT2D eigenvalue weighted by molar-refractivity contribution is 5.65. The first-order chi connectivity index (χ1) is 12.8. The van der Waals surface area contributed by atoms with Crippen molar-refractivity contribution in [2.45, 2.75) is 51.8 Å². The third-order valence-electron chi connectivity index (χ3n) is 5.41. The van der Waals surface area contributed by atoms with Gasteiger partial charge in [0.2, 0.25) is 0 Å². The Balaban J connectivity index is 1.62. The number of hydrogen-bond donors (Lipinski definition) is 0. The topological polar surface area (TPSA) is 9.23 Å². The summed E-state index contributed by atoms with van der Waals surface area (Å²) >= 11 is 0. The highest BCUT2D eigenvalue weighted by Gasteiger charge is 2.31. The van der Waals surface area contributed by atoms with E-state index in [9.17, 15) is 17.6 Å². The van der Waals surface area contributed by atoms with Crippen molar-refractivity contribution in [2.75, 3.05) is 0 Å². The lowest BCUT2D eigenvalue weighted by Crippen LogP contribution is -2.16. The predicted molar refractivity (Wildman–Crippen MR) is 98.0 cm³/mol. The third kappa shape index (κ3) is 5.72. The number of alkyl halides is 3. The van der Waals surface area contributed by atoms with Gasteiger partial charge in [0.1, 0.15) is 11.6 Å². The average Bonchev–Trinajstić information content (AvgIpc) is 2.61. The van der Waals surface area contributed by atoms with Crippen molar-refractivity contribution in [1.29, 1.82) is 0 Å². The summed E-state index contributed by atoms with van der Waals surface area (Å²) < 4.78 is 55.0. The SMILES string of the molecule is CC1CCC(CCc2ccc(-c3ccc(OC(F)(F)F)cc3)c(F)c2)CC1. The maximum atomic E-state index is 14.5. The minimum Gasteiger partial charge on any atom is -0.406 e. The van der Waals surface area contributed by atoms with Crippen LogP contribution in [0.3, 0.4) is 0 Å². The Morgan fingerprint density at radius 3 is 2.22 bits per heavy atom. The molecule has 0 amide bonds. The molecule has 2 aromatic carbocycles. The normalized spacial score (nSPS) is 20.5. The Kier molecular flexibility index (Phi) is 6.08. The largest absolute Gasteiger partial charge is 0.573 e. The van der Waals surface area contributed by atoms with E-state index in [1.165, 1.54) is 49.9 Å². The zero-order valence-corrected chi connectivity index (χ0v) is 15.4. The van der Waals surface area contributed by atoms with Crippen LogP contribution in [0, 0.1) is 17.7 Å². The number of benzene rings is 2. The van der Waals surface area contributed by atoms with Crippen LogP contribution in [0.15, 0.2) is 42.5 Å². The molecule has 5 heteroatoms. The maximum Gasteiger partial charge on any atom is 0.573 e. The first-order valence-electron chi connectivity index (χ1n) is 9.45. The molecule has 0 unspecified atom stereocenters. The van der Waals surface area contributed by atoms with E-state index in [0.29, 0.717) is 11.1 Å². The maximum absolute atomic E-state index is 14.5. The van der Waals surface area contributed by atoms with Crippen LogP contribution in [-0.2, 0) is 6.42 Å². The van der Waals surface area contributed by atoms with Gasteiger partial charge in [-0.2, -0.15) is 0 Å². The van der Waals surface area contributed by atoms with Crippen molar-refractivity contribution in [3.8, 4) is 16.9 Å². The first-order valence-corrected chi connectivity index (χ1v) is 9.45. The number of hydrogen-bond acceptors (Lipinski definition) is 1. The molecule has 0 heterocycles. The molecule has 1 aliphatic carbocycles. The molecule has 2 aromatic rings. The van der Waals surface area contributed by atoms with Gasteiger partial charge in [0.05, 0.1) is 0 Å². The summed E-state index contributed by atoms with van der Waals surface area (Å²) in [5.74, 6) is 0.885. The second-order valence-corrected chi connectivity index (χ2v) is 7.55. The summed E-state index contributed by atoms with van der Waals surface area (Å²) in [6.07, 6.45) is 2.29. The molecule has 0 N–H and O–H groups in total. The zero-order valence-electron chi connectivity index (χ0n) is 15.4. The van der Waals surface area contributed by atoms with E-state index in [2.05, 4.69) is 11.7 Å². The molecule has 0 saturated heterocycles. The Bertz CT molecular complexity index is 744. The van der Waals surface area contributed by atoms with Gasteiger partial charge in [-0.05, 0) is 54.0 Å². The molecule has 0 aromatic heterocycles. The van der Waals surface area contributed by atoms with Gasteiger partial charge in [0.25, 0.3) is 0 Å². The highest BCUT2D eigenvalue weighted by Crippen LogP contribution is 2.32. The molecular formula is C22H24F4O. The lowest BCUT2D eigenvalue weighted by Gasteiger charge is -2.26. The number of aryl methyl sites for hydroxylation is 1. The summed E-state index contributed by atoms with van der Waals surface area (Å²) in [4.78, 5) is 0. The lowest BCUT2D eigenvalue weighted by molar-refractivity contribution is -0.274. The van der Waals surface area contributed by atoms with E-state index in [0.717, 1.165) is 30.2 Å². The van der Waals surface area contributed by atoms with Crippen molar-refractivity contribution < 1.29 is 22.3 Å². The van der Waals surface area contributed by atoms with Crippen molar-refractivity contribution in [1.82, 2.24) is 0 Å². The molecule has 0 atom stereocenters. The molecule has 1 saturated carbocycles. The second kappa shape index (κ2) is 8.32. The monoisotopic (exact) mass is 380 g/mol. The van der Waals surface area contributed by atoms with Crippen LogP contribution < -0.4 is 4.74 Å². The third-order valence-corrected chi connectivity index (χ3v) is 5.41. The fraction of sp³-hybridized carbons (Fsp3) is 0.455. The summed E-state index contributed by atoms with van der Waals surface area (Å²) in [5, 5.41) is 0. The Morgan fingerprint density at radius 1 is 0.963 bits per heavy atom. The van der Waals surface area contributed by atoms with E-state index in [1.54, 1.807) is 12.1 Å². The molecule has 1 aliphatic rings. The summed E-state index contributed by atoms with van der Waals surface area (Å²) in [7, 11) is 0. The van der Waals surface area contributed by atoms with Crippen molar-refractivity contribution >= 4 is 0 Å². The Morgan fingerprint density at radius 2 is 1.63 bits per heavy atom. The zero-order chi connectivity index (χ0) is 19.4. The van der Waals surface area contributed by atoms with Gasteiger partial charge < -0.3 is 4.74 Å². The standard InChI is InChI=1S/C22H24F4O/c1-15-2-4-16(5-3-15)6-7-17-8-13-20(21(23)14-17)18-9-11-19(12-10-18)27-22(24,25)26/h8-16H,2-7H2,1H3. The predicted octanol–water partition coefficient (Wildman–Crippen LogP) is 7.15. The van der Waals surface area contributed by atoms with E-state index in [-0.39, 0.29) is 11.6 Å². The second-order valence-electron chi connectivity index (χ2n) is 7.55. The van der Waals surface area contributed by atoms with Crippen molar-refractivity contribution in [2.24, 2.45) is 11.8 Å². The summed E-state index contributed by atoms with van der Waals surface area (Å²) in [6.45, 7) is 2.30. The molecule has 0 bridgehead atoms. The Labute approximate surface area is 157 Å². The molecule has 1 fully saturated rings. The average molecular weight is 380 g/mol. The van der Waals surface area contributed by atoms with Gasteiger partial charge in [-0.3, -0.25) is 0 Å². The lowest BCUT2D eigenvalue weighted by atomic mass is 9.80. The molecular weight excluding hydrogens is 356 g/mol. The van der Waals surface area contributed by atoms with Crippen LogP contribution in [0.5, 0.6) is 5.75 Å². The van der Waals surface area contributed by atoms with Crippen LogP contribution in [0.4, 0.5) is 17.6 Å². The van der Waals surface area contributed by atoms with Crippen LogP contribution in [0.2, 0.25) is 0 Å². The van der Waals surface area contributed by atoms with Gasteiger partial charge in [0.15, 0.2) is 0 Å². The number of halogens is 4. The molecule has 0 aliphatic heterocycles. The fourth-order valence-corrected chi connectivity index (χ4v) is 3.77. The molecule has 27 heavy (non-hydrogen) atoms. The van der Waals surface area contributed by atoms with Crippen LogP contribution in [-0.4, -0.2) is 6.36 Å². The van der Waals surface area contributed by atoms with Gasteiger partial charge in [-0.15, -0.1) is 13.2 Å². The minimum atomic E-state index is -4.73. The van der Waals surface area contributed by atoms with Gasteiger partial charge in [-0.25, -0.2) is 4.39 Å². The van der Waals surface area contributed by atoms with E-state index in [4.69, 9.17) is 0 Å². The van der Waals surface area contributed by atoms with Gasteiger partial charge in [-0.1, -0.05) is 56.9 Å². The molecule has 0 spiro atoms. The van der Waals surface area contributed by atoms with Crippen molar-refractivity contribution in [3.63, 3.8) is 0 Å². The van der Waals surface area contributed by atoms with Crippen LogP contribution in [0.25, 0.3) is 11.1 Å². The first kappa shape index (κ1) is 19.7. The van der Waals surface area contributed by atoms with Gasteiger partial charge >= 0.3 is 6.36 Å². The smallest absolute Gasteiger partial charge is 0.406 e.